The Balaban J connectivity index is 1.77. The van der Waals surface area contributed by atoms with Crippen molar-refractivity contribution in [2.75, 3.05) is 61.1 Å². The molecule has 0 saturated carbocycles. The van der Waals surface area contributed by atoms with Crippen LogP contribution in [0.1, 0.15) is 24.8 Å². The van der Waals surface area contributed by atoms with Crippen LogP contribution in [0.25, 0.3) is 0 Å². The van der Waals surface area contributed by atoms with E-state index in [9.17, 15) is 0 Å². The molecule has 6 heteroatoms. The molecule has 1 aromatic carbocycles. The highest BCUT2D eigenvalue weighted by atomic mass is 16.5. The number of benzene rings is 1. The Bertz CT molecular complexity index is 557. The minimum absolute atomic E-state index is 0.360. The zero-order valence-electron chi connectivity index (χ0n) is 18.1. The molecular weight excluding hydrogens is 352 g/mol. The van der Waals surface area contributed by atoms with Gasteiger partial charge in [0.05, 0.1) is 6.10 Å². The molecule has 0 radical (unpaired) electrons. The average Bonchev–Trinajstić information content (AvgIpc) is 2.72. The van der Waals surface area contributed by atoms with Crippen LogP contribution in [0.5, 0.6) is 0 Å². The summed E-state index contributed by atoms with van der Waals surface area (Å²) in [4.78, 5) is 9.15. The lowest BCUT2D eigenvalue weighted by Gasteiger charge is -2.35. The summed E-state index contributed by atoms with van der Waals surface area (Å²) in [6.07, 6.45) is 4.45. The van der Waals surface area contributed by atoms with Gasteiger partial charge in [0.15, 0.2) is 5.96 Å². The molecule has 0 aliphatic carbocycles. The van der Waals surface area contributed by atoms with Crippen LogP contribution in [0.3, 0.4) is 0 Å². The number of rotatable bonds is 10. The number of likely N-dealkylation sites (N-methyl/N-ethyl adjacent to an activating group) is 1. The number of methoxy groups -OCH3 is 1. The van der Waals surface area contributed by atoms with Crippen LogP contribution in [0.4, 0.5) is 0 Å². The molecule has 1 aliphatic heterocycles. The average molecular weight is 391 g/mol. The van der Waals surface area contributed by atoms with Crippen molar-refractivity contribution in [1.82, 2.24) is 15.1 Å². The molecule has 6 nitrogen and oxygen atoms in total. The lowest BCUT2D eigenvalue weighted by atomic mass is 10.1. The SMILES string of the molecule is CN=C(NCC(Cc1ccccc1)N(C)C)N1CCC(OCCCOC)CC1. The maximum absolute atomic E-state index is 5.97. The van der Waals surface area contributed by atoms with E-state index < -0.39 is 0 Å². The molecule has 0 aromatic heterocycles. The lowest BCUT2D eigenvalue weighted by molar-refractivity contribution is 0.00987. The van der Waals surface area contributed by atoms with Crippen molar-refractivity contribution in [2.45, 2.75) is 37.8 Å². The molecule has 1 atom stereocenters. The number of ether oxygens (including phenoxy) is 2. The van der Waals surface area contributed by atoms with E-state index in [0.717, 1.165) is 64.5 Å². The second kappa shape index (κ2) is 12.8. The van der Waals surface area contributed by atoms with E-state index in [-0.39, 0.29) is 0 Å². The first-order valence-corrected chi connectivity index (χ1v) is 10.4. The Morgan fingerprint density at radius 1 is 1.21 bits per heavy atom. The first kappa shape index (κ1) is 22.7. The number of piperidine rings is 1. The minimum atomic E-state index is 0.360. The molecular formula is C22H38N4O2. The van der Waals surface area contributed by atoms with Gasteiger partial charge in [-0.1, -0.05) is 30.3 Å². The van der Waals surface area contributed by atoms with E-state index >= 15 is 0 Å². The van der Waals surface area contributed by atoms with E-state index in [1.54, 1.807) is 7.11 Å². The fraction of sp³-hybridized carbons (Fsp3) is 0.682. The van der Waals surface area contributed by atoms with Crippen LogP contribution in [-0.2, 0) is 15.9 Å². The molecule has 1 N–H and O–H groups in total. The summed E-state index contributed by atoms with van der Waals surface area (Å²) in [5, 5.41) is 3.59. The van der Waals surface area contributed by atoms with Crippen LogP contribution >= 0.6 is 0 Å². The molecule has 2 rings (SSSR count). The van der Waals surface area contributed by atoms with Crippen molar-refractivity contribution in [3.8, 4) is 0 Å². The highest BCUT2D eigenvalue weighted by molar-refractivity contribution is 5.80. The molecule has 0 bridgehead atoms. The van der Waals surface area contributed by atoms with Gasteiger partial charge in [-0.25, -0.2) is 0 Å². The second-order valence-corrected chi connectivity index (χ2v) is 7.64. The summed E-state index contributed by atoms with van der Waals surface area (Å²) >= 11 is 0. The van der Waals surface area contributed by atoms with Gasteiger partial charge in [0.1, 0.15) is 0 Å². The van der Waals surface area contributed by atoms with Crippen molar-refractivity contribution in [1.29, 1.82) is 0 Å². The summed E-state index contributed by atoms with van der Waals surface area (Å²) in [5.41, 5.74) is 1.37. The monoisotopic (exact) mass is 390 g/mol. The first-order chi connectivity index (χ1) is 13.6. The van der Waals surface area contributed by atoms with Crippen molar-refractivity contribution in [2.24, 2.45) is 4.99 Å². The summed E-state index contributed by atoms with van der Waals surface area (Å²) in [7, 11) is 7.89. The Morgan fingerprint density at radius 3 is 2.54 bits per heavy atom. The van der Waals surface area contributed by atoms with E-state index in [2.05, 4.69) is 64.5 Å². The molecule has 1 aromatic rings. The van der Waals surface area contributed by atoms with Crippen molar-refractivity contribution in [3.63, 3.8) is 0 Å². The number of aliphatic imine (C=N–C) groups is 1. The number of hydrogen-bond donors (Lipinski definition) is 1. The quantitative estimate of drug-likeness (QED) is 0.377. The highest BCUT2D eigenvalue weighted by Gasteiger charge is 2.22. The zero-order chi connectivity index (χ0) is 20.2. The number of nitrogens with zero attached hydrogens (tertiary/aromatic N) is 3. The standard InChI is InChI=1S/C22H38N4O2/c1-23-22(26-13-11-21(12-14-26)28-16-8-15-27-4)24-18-20(25(2)3)17-19-9-6-5-7-10-19/h5-7,9-10,20-21H,8,11-18H2,1-4H3,(H,23,24). The van der Waals surface area contributed by atoms with Crippen molar-refractivity contribution >= 4 is 5.96 Å². The van der Waals surface area contributed by atoms with Crippen LogP contribution < -0.4 is 5.32 Å². The van der Waals surface area contributed by atoms with Gasteiger partial charge in [0.25, 0.3) is 0 Å². The van der Waals surface area contributed by atoms with E-state index in [0.29, 0.717) is 12.1 Å². The van der Waals surface area contributed by atoms with Crippen LogP contribution in [0.15, 0.2) is 35.3 Å². The molecule has 0 spiro atoms. The lowest BCUT2D eigenvalue weighted by Crippen LogP contribution is -2.50. The second-order valence-electron chi connectivity index (χ2n) is 7.64. The number of likely N-dealkylation sites (tertiary alicyclic amines) is 1. The van der Waals surface area contributed by atoms with Gasteiger partial charge < -0.3 is 24.6 Å². The molecule has 158 valence electrons. The fourth-order valence-corrected chi connectivity index (χ4v) is 3.55. The Hall–Kier alpha value is -1.63. The van der Waals surface area contributed by atoms with Gasteiger partial charge in [-0.2, -0.15) is 0 Å². The number of hydrogen-bond acceptors (Lipinski definition) is 4. The third kappa shape index (κ3) is 7.78. The first-order valence-electron chi connectivity index (χ1n) is 10.4. The number of guanidine groups is 1. The normalized spacial score (nSPS) is 17.2. The Labute approximate surface area is 170 Å². The van der Waals surface area contributed by atoms with Crippen LogP contribution in [0, 0.1) is 0 Å². The maximum atomic E-state index is 5.97. The Kier molecular flexibility index (Phi) is 10.3. The van der Waals surface area contributed by atoms with Gasteiger partial charge in [-0.05, 0) is 45.3 Å². The summed E-state index contributed by atoms with van der Waals surface area (Å²) < 4.78 is 11.0. The van der Waals surface area contributed by atoms with E-state index in [1.165, 1.54) is 5.56 Å². The van der Waals surface area contributed by atoms with Crippen LogP contribution in [-0.4, -0.2) is 89.0 Å². The molecule has 1 heterocycles. The van der Waals surface area contributed by atoms with E-state index in [1.807, 2.05) is 7.05 Å². The summed E-state index contributed by atoms with van der Waals surface area (Å²) in [6, 6.07) is 11.1. The zero-order valence-corrected chi connectivity index (χ0v) is 18.1. The maximum Gasteiger partial charge on any atom is 0.193 e. The summed E-state index contributed by atoms with van der Waals surface area (Å²) in [5.74, 6) is 0.998. The van der Waals surface area contributed by atoms with E-state index in [4.69, 9.17) is 9.47 Å². The fourth-order valence-electron chi connectivity index (χ4n) is 3.55. The highest BCUT2D eigenvalue weighted by Crippen LogP contribution is 2.14. The van der Waals surface area contributed by atoms with Gasteiger partial charge >= 0.3 is 0 Å². The molecule has 1 fully saturated rings. The third-order valence-corrected chi connectivity index (χ3v) is 5.34. The minimum Gasteiger partial charge on any atom is -0.385 e. The van der Waals surface area contributed by atoms with Crippen molar-refractivity contribution < 1.29 is 9.47 Å². The summed E-state index contributed by atoms with van der Waals surface area (Å²) in [6.45, 7) is 4.41. The molecule has 0 amide bonds. The molecule has 1 saturated heterocycles. The van der Waals surface area contributed by atoms with Crippen molar-refractivity contribution in [3.05, 3.63) is 35.9 Å². The smallest absolute Gasteiger partial charge is 0.193 e. The van der Waals surface area contributed by atoms with Gasteiger partial charge in [-0.15, -0.1) is 0 Å². The van der Waals surface area contributed by atoms with Gasteiger partial charge in [0.2, 0.25) is 0 Å². The number of nitrogens with one attached hydrogen (secondary N) is 1. The Morgan fingerprint density at radius 2 is 1.93 bits per heavy atom. The molecule has 28 heavy (non-hydrogen) atoms. The third-order valence-electron chi connectivity index (χ3n) is 5.34. The molecule has 1 aliphatic rings. The van der Waals surface area contributed by atoms with Gasteiger partial charge in [-0.3, -0.25) is 4.99 Å². The van der Waals surface area contributed by atoms with Gasteiger partial charge in [0, 0.05) is 53.0 Å². The molecule has 1 unspecified atom stereocenters. The predicted molar refractivity (Wildman–Crippen MR) is 116 cm³/mol. The topological polar surface area (TPSA) is 49.3 Å². The largest absolute Gasteiger partial charge is 0.385 e. The van der Waals surface area contributed by atoms with Crippen LogP contribution in [0.2, 0.25) is 0 Å². The predicted octanol–water partition coefficient (Wildman–Crippen LogP) is 2.25.